The van der Waals surface area contributed by atoms with Gasteiger partial charge in [0.1, 0.15) is 19.0 Å². The van der Waals surface area contributed by atoms with Crippen molar-refractivity contribution in [1.82, 2.24) is 5.32 Å². The smallest absolute Gasteiger partial charge is 0.225 e. The van der Waals surface area contributed by atoms with Gasteiger partial charge in [0, 0.05) is 0 Å². The van der Waals surface area contributed by atoms with E-state index in [0.717, 1.165) is 5.56 Å². The number of ether oxygens (including phenoxy) is 2. The summed E-state index contributed by atoms with van der Waals surface area (Å²) in [6, 6.07) is 11.7. The van der Waals surface area contributed by atoms with Crippen molar-refractivity contribution in [2.45, 2.75) is 19.4 Å². The van der Waals surface area contributed by atoms with Crippen LogP contribution in [0.4, 0.5) is 4.39 Å². The molecule has 120 valence electrons. The molecule has 3 rings (SSSR count). The molecule has 0 aromatic heterocycles. The lowest BCUT2D eigenvalue weighted by Gasteiger charge is -2.21. The maximum atomic E-state index is 13.6. The summed E-state index contributed by atoms with van der Waals surface area (Å²) in [6.07, 6.45) is 0.0154. The van der Waals surface area contributed by atoms with E-state index in [0.29, 0.717) is 30.3 Å². The largest absolute Gasteiger partial charge is 0.486 e. The number of halogens is 1. The van der Waals surface area contributed by atoms with Gasteiger partial charge in [-0.25, -0.2) is 4.39 Å². The number of benzene rings is 2. The number of carbonyl (C=O) groups excluding carboxylic acids is 1. The van der Waals surface area contributed by atoms with Crippen LogP contribution in [0.25, 0.3) is 0 Å². The number of hydrogen-bond donors (Lipinski definition) is 1. The van der Waals surface area contributed by atoms with Gasteiger partial charge in [0.2, 0.25) is 5.91 Å². The SMILES string of the molecule is C[C@H](NC(=O)Cc1ccccc1F)c1ccc2c(c1)OCCO2. The molecule has 0 fully saturated rings. The minimum Gasteiger partial charge on any atom is -0.486 e. The molecule has 0 unspecified atom stereocenters. The molecule has 1 aliphatic heterocycles. The Hall–Kier alpha value is -2.56. The third kappa shape index (κ3) is 3.62. The first kappa shape index (κ1) is 15.3. The van der Waals surface area contributed by atoms with E-state index in [1.807, 2.05) is 25.1 Å². The molecule has 5 heteroatoms. The van der Waals surface area contributed by atoms with Crippen molar-refractivity contribution in [2.75, 3.05) is 13.2 Å². The van der Waals surface area contributed by atoms with Gasteiger partial charge in [-0.3, -0.25) is 4.79 Å². The molecule has 1 N–H and O–H groups in total. The lowest BCUT2D eigenvalue weighted by Crippen LogP contribution is -2.28. The number of carbonyl (C=O) groups is 1. The van der Waals surface area contributed by atoms with Gasteiger partial charge in [0.25, 0.3) is 0 Å². The highest BCUT2D eigenvalue weighted by molar-refractivity contribution is 5.79. The van der Waals surface area contributed by atoms with Crippen LogP contribution in [0.5, 0.6) is 11.5 Å². The third-order valence-electron chi connectivity index (χ3n) is 3.75. The van der Waals surface area contributed by atoms with E-state index in [4.69, 9.17) is 9.47 Å². The standard InChI is InChI=1S/C18H18FNO3/c1-12(13-6-7-16-17(10-13)23-9-8-22-16)20-18(21)11-14-4-2-3-5-15(14)19/h2-7,10,12H,8-9,11H2,1H3,(H,20,21)/t12-/m0/s1. The van der Waals surface area contributed by atoms with Crippen LogP contribution in [0.3, 0.4) is 0 Å². The minimum atomic E-state index is -0.366. The first-order chi connectivity index (χ1) is 11.1. The molecule has 2 aromatic carbocycles. The second kappa shape index (κ2) is 6.69. The lowest BCUT2D eigenvalue weighted by molar-refractivity contribution is -0.121. The molecule has 0 spiro atoms. The average Bonchev–Trinajstić information content (AvgIpc) is 2.56. The molecule has 0 bridgehead atoms. The highest BCUT2D eigenvalue weighted by Crippen LogP contribution is 2.32. The predicted molar refractivity (Wildman–Crippen MR) is 84.1 cm³/mol. The molecule has 1 heterocycles. The summed E-state index contributed by atoms with van der Waals surface area (Å²) in [7, 11) is 0. The van der Waals surface area contributed by atoms with Crippen LogP contribution < -0.4 is 14.8 Å². The fourth-order valence-corrected chi connectivity index (χ4v) is 2.52. The molecule has 1 atom stereocenters. The summed E-state index contributed by atoms with van der Waals surface area (Å²) in [4.78, 5) is 12.1. The van der Waals surface area contributed by atoms with Crippen molar-refractivity contribution in [3.8, 4) is 11.5 Å². The van der Waals surface area contributed by atoms with Crippen molar-refractivity contribution >= 4 is 5.91 Å². The zero-order valence-electron chi connectivity index (χ0n) is 12.8. The minimum absolute atomic E-state index is 0.0154. The van der Waals surface area contributed by atoms with Gasteiger partial charge in [-0.05, 0) is 36.2 Å². The molecule has 23 heavy (non-hydrogen) atoms. The Morgan fingerprint density at radius 3 is 2.70 bits per heavy atom. The Labute approximate surface area is 134 Å². The zero-order valence-corrected chi connectivity index (χ0v) is 12.8. The van der Waals surface area contributed by atoms with Gasteiger partial charge in [-0.2, -0.15) is 0 Å². The van der Waals surface area contributed by atoms with E-state index in [2.05, 4.69) is 5.32 Å². The number of rotatable bonds is 4. The van der Waals surface area contributed by atoms with E-state index in [-0.39, 0.29) is 24.2 Å². The Balaban J connectivity index is 1.65. The van der Waals surface area contributed by atoms with Crippen LogP contribution in [0.2, 0.25) is 0 Å². The highest BCUT2D eigenvalue weighted by Gasteiger charge is 2.16. The molecular formula is C18H18FNO3. The number of nitrogens with one attached hydrogen (secondary N) is 1. The van der Waals surface area contributed by atoms with Gasteiger partial charge >= 0.3 is 0 Å². The second-order valence-corrected chi connectivity index (χ2v) is 5.46. The Bertz CT molecular complexity index is 717. The lowest BCUT2D eigenvalue weighted by atomic mass is 10.1. The van der Waals surface area contributed by atoms with Gasteiger partial charge < -0.3 is 14.8 Å². The summed E-state index contributed by atoms with van der Waals surface area (Å²) in [6.45, 7) is 2.94. The number of hydrogen-bond acceptors (Lipinski definition) is 3. The van der Waals surface area contributed by atoms with Crippen molar-refractivity contribution < 1.29 is 18.7 Å². The topological polar surface area (TPSA) is 47.6 Å². The van der Waals surface area contributed by atoms with E-state index in [9.17, 15) is 9.18 Å². The summed E-state index contributed by atoms with van der Waals surface area (Å²) >= 11 is 0. The van der Waals surface area contributed by atoms with Crippen molar-refractivity contribution in [3.63, 3.8) is 0 Å². The van der Waals surface area contributed by atoms with Gasteiger partial charge in [0.05, 0.1) is 12.5 Å². The molecular weight excluding hydrogens is 297 g/mol. The summed E-state index contributed by atoms with van der Waals surface area (Å²) in [5, 5.41) is 2.88. The highest BCUT2D eigenvalue weighted by atomic mass is 19.1. The van der Waals surface area contributed by atoms with Crippen molar-refractivity contribution in [2.24, 2.45) is 0 Å². The van der Waals surface area contributed by atoms with Crippen LogP contribution in [0, 0.1) is 5.82 Å². The molecule has 0 saturated carbocycles. The van der Waals surface area contributed by atoms with E-state index in [1.54, 1.807) is 18.2 Å². The first-order valence-corrected chi connectivity index (χ1v) is 7.56. The average molecular weight is 315 g/mol. The monoisotopic (exact) mass is 315 g/mol. The quantitative estimate of drug-likeness (QED) is 0.943. The zero-order chi connectivity index (χ0) is 16.2. The molecule has 0 radical (unpaired) electrons. The van der Waals surface area contributed by atoms with E-state index >= 15 is 0 Å². The summed E-state index contributed by atoms with van der Waals surface area (Å²) < 4.78 is 24.6. The predicted octanol–water partition coefficient (Wildman–Crippen LogP) is 3.02. The molecule has 1 amide bonds. The fraction of sp³-hybridized carbons (Fsp3) is 0.278. The number of amides is 1. The molecule has 0 aliphatic carbocycles. The van der Waals surface area contributed by atoms with Gasteiger partial charge in [-0.1, -0.05) is 24.3 Å². The Morgan fingerprint density at radius 2 is 1.91 bits per heavy atom. The first-order valence-electron chi connectivity index (χ1n) is 7.56. The molecule has 0 saturated heterocycles. The van der Waals surface area contributed by atoms with E-state index < -0.39 is 0 Å². The van der Waals surface area contributed by atoms with Crippen molar-refractivity contribution in [1.29, 1.82) is 0 Å². The summed E-state index contributed by atoms with van der Waals surface area (Å²) in [5.74, 6) is 0.806. The van der Waals surface area contributed by atoms with Crippen LogP contribution in [-0.4, -0.2) is 19.1 Å². The van der Waals surface area contributed by atoms with Crippen LogP contribution in [-0.2, 0) is 11.2 Å². The normalized spacial score (nSPS) is 14.2. The third-order valence-corrected chi connectivity index (χ3v) is 3.75. The molecule has 2 aromatic rings. The van der Waals surface area contributed by atoms with Gasteiger partial charge in [-0.15, -0.1) is 0 Å². The Kier molecular flexibility index (Phi) is 4.46. The van der Waals surface area contributed by atoms with Gasteiger partial charge in [0.15, 0.2) is 11.5 Å². The second-order valence-electron chi connectivity index (χ2n) is 5.46. The van der Waals surface area contributed by atoms with Crippen LogP contribution >= 0.6 is 0 Å². The van der Waals surface area contributed by atoms with Crippen LogP contribution in [0.1, 0.15) is 24.1 Å². The molecule has 1 aliphatic rings. The Morgan fingerprint density at radius 1 is 1.17 bits per heavy atom. The van der Waals surface area contributed by atoms with Crippen LogP contribution in [0.15, 0.2) is 42.5 Å². The van der Waals surface area contributed by atoms with Crippen molar-refractivity contribution in [3.05, 3.63) is 59.4 Å². The fourth-order valence-electron chi connectivity index (χ4n) is 2.52. The van der Waals surface area contributed by atoms with E-state index in [1.165, 1.54) is 6.07 Å². The maximum absolute atomic E-state index is 13.6. The molecule has 4 nitrogen and oxygen atoms in total. The summed E-state index contributed by atoms with van der Waals surface area (Å²) in [5.41, 5.74) is 1.30. The maximum Gasteiger partial charge on any atom is 0.225 e. The number of fused-ring (bicyclic) bond motifs is 1.